The Balaban J connectivity index is 0.885. The number of H-pyrrole nitrogens is 2. The first-order valence-electron chi connectivity index (χ1n) is 33.8. The van der Waals surface area contributed by atoms with Crippen LogP contribution in [0.4, 0.5) is 0 Å². The molecule has 103 heavy (non-hydrogen) atoms. The van der Waals surface area contributed by atoms with Crippen LogP contribution in [0.2, 0.25) is 0 Å². The molecule has 14 amide bonds. The van der Waals surface area contributed by atoms with Gasteiger partial charge in [-0.05, 0) is 81.0 Å². The zero-order chi connectivity index (χ0) is 75.2. The monoisotopic (exact) mass is 1440 g/mol. The first-order valence-corrected chi connectivity index (χ1v) is 33.8. The second kappa shape index (κ2) is 37.9. The maximum Gasteiger partial charge on any atom is 0.328 e. The molecule has 560 valence electrons. The number of nitrogens with one attached hydrogen (secondary N) is 13. The molecular weight excluding hydrogens is 1350 g/mol. The topological polar surface area (TPSA) is 557 Å². The summed E-state index contributed by atoms with van der Waals surface area (Å²) in [7, 11) is 0. The fourth-order valence-corrected chi connectivity index (χ4v) is 12.4. The zero-order valence-electron chi connectivity index (χ0n) is 57.1. The summed E-state index contributed by atoms with van der Waals surface area (Å²) in [5.74, 6) is -13.5. The molecule has 3 aliphatic heterocycles. The Kier molecular flexibility index (Phi) is 29.3. The number of hydrogen-bond donors (Lipinski definition) is 19. The van der Waals surface area contributed by atoms with Crippen molar-refractivity contribution in [3.63, 3.8) is 0 Å². The number of fused-ring (bicyclic) bond motifs is 2. The van der Waals surface area contributed by atoms with Crippen LogP contribution in [0.25, 0.3) is 21.8 Å². The van der Waals surface area contributed by atoms with Crippen LogP contribution in [-0.4, -0.2) is 278 Å². The number of hydrogen-bond acceptors (Lipinski definition) is 20. The number of aromatic nitrogens is 2. The fraction of sp³-hybridized carbons (Fsp3) is 0.530. The molecule has 3 aliphatic rings. The quantitative estimate of drug-likeness (QED) is 0.0201. The van der Waals surface area contributed by atoms with Crippen LogP contribution in [0.15, 0.2) is 60.9 Å². The van der Waals surface area contributed by atoms with Crippen molar-refractivity contribution in [2.75, 3.05) is 72.2 Å². The molecule has 0 saturated carbocycles. The highest BCUT2D eigenvalue weighted by molar-refractivity contribution is 6.00. The molecule has 0 bridgehead atoms. The minimum Gasteiger partial charge on any atom is -0.480 e. The predicted molar refractivity (Wildman–Crippen MR) is 363 cm³/mol. The number of amides is 14. The summed E-state index contributed by atoms with van der Waals surface area (Å²) in [5, 5.41) is 77.2. The maximum atomic E-state index is 14.5. The van der Waals surface area contributed by atoms with Crippen molar-refractivity contribution in [3.05, 3.63) is 72.1 Å². The Hall–Kier alpha value is -10.6. The number of benzene rings is 2. The number of aliphatic hydroxyl groups excluding tert-OH is 4. The van der Waals surface area contributed by atoms with Crippen molar-refractivity contribution in [3.8, 4) is 0 Å². The SMILES string of the molecule is CC(C)C[C@H](NC(=O)[C@@H](NC(=O)CNC(=O)CNC(=O)CNC(=O)[C@@H]1CCCN1C(=O)[C@@H](N)CO)[C@@H](C)O)C(=O)N1CCC[C@H]1C(=O)N1CCC[C@H]1C(=O)N[C@@H](CO)C(=O)NCC(=O)NCC(=O)N[C@@H](Cc1c[nH]c2ccccc12)C(=O)N[C@@H](Cc1c[nH]c2ccccc12)C(=O)N[C@@H](CO)C(=O)O. The van der Waals surface area contributed by atoms with Crippen molar-refractivity contribution in [1.29, 1.82) is 0 Å². The van der Waals surface area contributed by atoms with Crippen LogP contribution in [-0.2, 0) is 84.8 Å². The highest BCUT2D eigenvalue weighted by atomic mass is 16.4. The molecule has 3 fully saturated rings. The van der Waals surface area contributed by atoms with E-state index in [2.05, 4.69) is 68.5 Å². The van der Waals surface area contributed by atoms with Crippen LogP contribution in [0, 0.1) is 5.92 Å². The van der Waals surface area contributed by atoms with Crippen LogP contribution in [0.5, 0.6) is 0 Å². The van der Waals surface area contributed by atoms with E-state index in [1.807, 2.05) is 0 Å². The van der Waals surface area contributed by atoms with Gasteiger partial charge < -0.3 is 114 Å². The number of nitrogens with zero attached hydrogens (tertiary/aromatic N) is 3. The average molecular weight is 1440 g/mol. The lowest BCUT2D eigenvalue weighted by molar-refractivity contribution is -0.148. The number of aromatic amines is 2. The Labute approximate surface area is 590 Å². The van der Waals surface area contributed by atoms with E-state index in [4.69, 9.17) is 5.73 Å². The number of nitrogens with two attached hydrogens (primary N) is 1. The minimum atomic E-state index is -1.72. The third-order valence-electron chi connectivity index (χ3n) is 17.7. The molecule has 2 aromatic heterocycles. The summed E-state index contributed by atoms with van der Waals surface area (Å²) >= 11 is 0. The Bertz CT molecular complexity index is 3770. The van der Waals surface area contributed by atoms with Gasteiger partial charge in [-0.2, -0.15) is 0 Å². The van der Waals surface area contributed by atoms with E-state index in [-0.39, 0.29) is 57.7 Å². The number of carbonyl (C=O) groups is 15. The number of carboxylic acid groups (broad SMARTS) is 1. The number of likely N-dealkylation sites (tertiary alicyclic amines) is 3. The summed E-state index contributed by atoms with van der Waals surface area (Å²) in [4.78, 5) is 210. The summed E-state index contributed by atoms with van der Waals surface area (Å²) in [5.41, 5.74) is 8.17. The molecular formula is C66H91N17O20. The summed E-state index contributed by atoms with van der Waals surface area (Å²) in [6.07, 6.45) is 3.13. The van der Waals surface area contributed by atoms with Gasteiger partial charge >= 0.3 is 5.97 Å². The molecule has 2 aromatic carbocycles. The van der Waals surface area contributed by atoms with Gasteiger partial charge in [-0.15, -0.1) is 0 Å². The molecule has 37 heteroatoms. The van der Waals surface area contributed by atoms with E-state index in [1.54, 1.807) is 74.8 Å². The number of rotatable bonds is 36. The molecule has 5 heterocycles. The van der Waals surface area contributed by atoms with Crippen LogP contribution >= 0.6 is 0 Å². The van der Waals surface area contributed by atoms with E-state index in [0.29, 0.717) is 58.6 Å². The Morgan fingerprint density at radius 2 is 0.922 bits per heavy atom. The van der Waals surface area contributed by atoms with E-state index in [0.717, 1.165) is 0 Å². The Morgan fingerprint density at radius 3 is 1.44 bits per heavy atom. The van der Waals surface area contributed by atoms with Crippen LogP contribution < -0.4 is 64.2 Å². The maximum absolute atomic E-state index is 14.5. The van der Waals surface area contributed by atoms with Gasteiger partial charge in [-0.25, -0.2) is 4.79 Å². The van der Waals surface area contributed by atoms with Crippen molar-refractivity contribution >= 4 is 110 Å². The molecule has 3 saturated heterocycles. The molecule has 20 N–H and O–H groups in total. The standard InChI is InChI=1S/C66H91N17O20/c1-34(2)21-45(77-62(98)56(35(3)87)80-55(92)30-72-51(88)26-70-53(90)28-74-60(96)48-15-8-18-81(48)63(99)40(67)31-84)64(100)83-20-10-17-50(83)65(101)82-19-9-16-49(82)61(97)78-46(32-85)57(93)73-27-52(89)71-29-54(91)75-43(22-36-24-68-41-13-6-4-11-38(36)41)58(94)76-44(59(95)79-47(33-86)66(102)103)23-37-25-69-42-14-7-5-12-39(37)42/h4-7,11-14,24-25,34-35,40,43-50,56,68-69,84-87H,8-10,15-23,26-33,67H2,1-3H3,(H,70,90)(H,71,89)(H,72,88)(H,73,93)(H,74,96)(H,75,91)(H,76,94)(H,77,98)(H,78,97)(H,79,95)(H,80,92)(H,102,103)/t35-,40+,43+,44+,45+,46+,47+,48+,49+,50+,56+/m1/s1. The summed E-state index contributed by atoms with van der Waals surface area (Å²) in [6.45, 7) is -0.955. The van der Waals surface area contributed by atoms with Crippen molar-refractivity contribution in [1.82, 2.24) is 83.2 Å². The highest BCUT2D eigenvalue weighted by Gasteiger charge is 2.45. The van der Waals surface area contributed by atoms with Gasteiger partial charge in [-0.3, -0.25) is 67.1 Å². The van der Waals surface area contributed by atoms with Crippen LogP contribution in [0.3, 0.4) is 0 Å². The van der Waals surface area contributed by atoms with Crippen LogP contribution in [0.1, 0.15) is 76.8 Å². The predicted octanol–water partition coefficient (Wildman–Crippen LogP) is -7.29. The third-order valence-corrected chi connectivity index (χ3v) is 17.7. The smallest absolute Gasteiger partial charge is 0.328 e. The van der Waals surface area contributed by atoms with Gasteiger partial charge in [0.2, 0.25) is 82.7 Å². The van der Waals surface area contributed by atoms with Gasteiger partial charge in [-0.1, -0.05) is 50.2 Å². The lowest BCUT2D eigenvalue weighted by Gasteiger charge is -2.34. The second-order valence-corrected chi connectivity index (χ2v) is 25.7. The summed E-state index contributed by atoms with van der Waals surface area (Å²) in [6, 6.07) is 0.532. The van der Waals surface area contributed by atoms with Gasteiger partial charge in [0.25, 0.3) is 0 Å². The molecule has 0 radical (unpaired) electrons. The number of aliphatic hydroxyl groups is 4. The van der Waals surface area contributed by atoms with E-state index in [1.165, 1.54) is 21.6 Å². The molecule has 0 unspecified atom stereocenters. The molecule has 0 spiro atoms. The summed E-state index contributed by atoms with van der Waals surface area (Å²) < 4.78 is 0. The van der Waals surface area contributed by atoms with Crippen molar-refractivity contribution in [2.45, 2.75) is 145 Å². The molecule has 4 aromatic rings. The van der Waals surface area contributed by atoms with Gasteiger partial charge in [0.1, 0.15) is 60.4 Å². The normalized spacial score (nSPS) is 18.0. The van der Waals surface area contributed by atoms with E-state index >= 15 is 0 Å². The number of carbonyl (C=O) groups excluding carboxylic acids is 14. The molecule has 11 atom stereocenters. The molecule has 37 nitrogen and oxygen atoms in total. The number of aliphatic carboxylic acids is 1. The second-order valence-electron chi connectivity index (χ2n) is 25.7. The van der Waals surface area contributed by atoms with E-state index < -0.39 is 208 Å². The number of carboxylic acids is 1. The van der Waals surface area contributed by atoms with Gasteiger partial charge in [0.05, 0.1) is 58.6 Å². The lowest BCUT2D eigenvalue weighted by Crippen LogP contribution is -2.60. The average Bonchev–Trinajstić information content (AvgIpc) is 1.59. The van der Waals surface area contributed by atoms with Gasteiger partial charge in [0, 0.05) is 66.7 Å². The van der Waals surface area contributed by atoms with Crippen molar-refractivity contribution < 1.29 is 97.5 Å². The highest BCUT2D eigenvalue weighted by Crippen LogP contribution is 2.28. The lowest BCUT2D eigenvalue weighted by atomic mass is 10.0. The minimum absolute atomic E-state index is 0.0311. The molecule has 0 aliphatic carbocycles. The van der Waals surface area contributed by atoms with Gasteiger partial charge in [0.15, 0.2) is 0 Å². The first-order chi connectivity index (χ1) is 49.1. The third kappa shape index (κ3) is 21.9. The molecule has 7 rings (SSSR count). The number of para-hydroxylation sites is 2. The van der Waals surface area contributed by atoms with Crippen molar-refractivity contribution in [2.24, 2.45) is 11.7 Å². The zero-order valence-corrected chi connectivity index (χ0v) is 57.1. The largest absolute Gasteiger partial charge is 0.480 e. The first kappa shape index (κ1) is 79.7. The fourth-order valence-electron chi connectivity index (χ4n) is 12.4. The Morgan fingerprint density at radius 1 is 0.476 bits per heavy atom. The van der Waals surface area contributed by atoms with E-state index in [9.17, 15) is 97.5 Å².